The Kier molecular flexibility index (Phi) is 13.2. The van der Waals surface area contributed by atoms with Gasteiger partial charge in [-0.05, 0) is 65.3 Å². The van der Waals surface area contributed by atoms with E-state index in [0.717, 1.165) is 22.0 Å². The minimum Gasteiger partial charge on any atom is -0.411 e. The molecule has 0 bridgehead atoms. The molecule has 3 N–H and O–H groups in total. The molecular formula is C40H50N6O6S. The predicted molar refractivity (Wildman–Crippen MR) is 205 cm³/mol. The van der Waals surface area contributed by atoms with Crippen LogP contribution in [0.25, 0.3) is 10.9 Å². The number of aliphatic hydroxyl groups is 1. The first-order valence-electron chi connectivity index (χ1n) is 18.1. The third kappa shape index (κ3) is 9.78. The first kappa shape index (κ1) is 39.4. The minimum absolute atomic E-state index is 0.0263. The van der Waals surface area contributed by atoms with E-state index < -0.39 is 34.1 Å². The van der Waals surface area contributed by atoms with Gasteiger partial charge in [0.15, 0.2) is 0 Å². The normalized spacial score (nSPS) is 16.1. The summed E-state index contributed by atoms with van der Waals surface area (Å²) in [6.45, 7) is 8.76. The summed E-state index contributed by atoms with van der Waals surface area (Å²) < 4.78 is 29.1. The summed E-state index contributed by atoms with van der Waals surface area (Å²) in [6.07, 6.45) is 2.52. The molecule has 1 fully saturated rings. The van der Waals surface area contributed by atoms with Crippen molar-refractivity contribution in [3.8, 4) is 0 Å². The number of aliphatic hydroxyl groups excluding tert-OH is 1. The zero-order chi connectivity index (χ0) is 38.1. The lowest BCUT2D eigenvalue weighted by atomic mass is 9.95. The number of hydrogen-bond donors (Lipinski definition) is 3. The second-order valence-electron chi connectivity index (χ2n) is 14.2. The van der Waals surface area contributed by atoms with E-state index in [1.54, 1.807) is 16.0 Å². The summed E-state index contributed by atoms with van der Waals surface area (Å²) in [7, 11) is -4.06. The lowest BCUT2D eigenvalue weighted by Crippen LogP contribution is -2.57. The molecule has 2 heterocycles. The number of urea groups is 1. The van der Waals surface area contributed by atoms with Crippen molar-refractivity contribution >= 4 is 39.1 Å². The van der Waals surface area contributed by atoms with Gasteiger partial charge in [0.05, 0.1) is 28.8 Å². The fourth-order valence-electron chi connectivity index (χ4n) is 6.76. The number of carbonyl (C=O) groups excluding carboxylic acids is 2. The van der Waals surface area contributed by atoms with Crippen LogP contribution in [0.5, 0.6) is 0 Å². The molecule has 282 valence electrons. The van der Waals surface area contributed by atoms with Gasteiger partial charge in [-0.25, -0.2) is 13.2 Å². The zero-order valence-electron chi connectivity index (χ0n) is 30.7. The summed E-state index contributed by atoms with van der Waals surface area (Å²) in [5.41, 5.74) is 3.21. The van der Waals surface area contributed by atoms with Crippen molar-refractivity contribution in [3.63, 3.8) is 0 Å². The summed E-state index contributed by atoms with van der Waals surface area (Å²) >= 11 is 0. The van der Waals surface area contributed by atoms with Gasteiger partial charge < -0.3 is 25.4 Å². The maximum Gasteiger partial charge on any atom is 0.321 e. The molecule has 0 radical (unpaired) electrons. The summed E-state index contributed by atoms with van der Waals surface area (Å²) in [5, 5.41) is 27.8. The number of rotatable bonds is 17. The number of amides is 3. The Bertz CT molecular complexity index is 1970. The Hall–Kier alpha value is -4.85. The van der Waals surface area contributed by atoms with Crippen LogP contribution < -0.4 is 5.32 Å². The minimum atomic E-state index is -4.06. The molecular weight excluding hydrogens is 693 g/mol. The molecule has 12 nitrogen and oxygen atoms in total. The quantitative estimate of drug-likeness (QED) is 0.0770. The highest BCUT2D eigenvalue weighted by Crippen LogP contribution is 2.25. The van der Waals surface area contributed by atoms with Crippen LogP contribution in [-0.4, -0.2) is 100 Å². The van der Waals surface area contributed by atoms with E-state index in [1.807, 2.05) is 88.4 Å². The molecule has 5 rings (SSSR count). The number of oxime groups is 1. The van der Waals surface area contributed by atoms with Gasteiger partial charge in [-0.2, -0.15) is 4.31 Å². The number of sulfonamides is 1. The van der Waals surface area contributed by atoms with Crippen molar-refractivity contribution in [2.45, 2.75) is 70.2 Å². The third-order valence-corrected chi connectivity index (χ3v) is 11.6. The number of aromatic nitrogens is 1. The Morgan fingerprint density at radius 3 is 2.40 bits per heavy atom. The van der Waals surface area contributed by atoms with Gasteiger partial charge in [0.25, 0.3) is 0 Å². The average molecular weight is 743 g/mol. The van der Waals surface area contributed by atoms with Crippen molar-refractivity contribution in [1.82, 2.24) is 24.4 Å². The molecule has 3 amide bonds. The highest BCUT2D eigenvalue weighted by Gasteiger charge is 2.41. The molecule has 4 atom stereocenters. The fourth-order valence-corrected chi connectivity index (χ4v) is 8.38. The van der Waals surface area contributed by atoms with Crippen LogP contribution in [-0.2, 0) is 27.8 Å². The van der Waals surface area contributed by atoms with Gasteiger partial charge in [-0.15, -0.1) is 0 Å². The van der Waals surface area contributed by atoms with Gasteiger partial charge >= 0.3 is 6.03 Å². The molecule has 1 aliphatic rings. The third-order valence-electron chi connectivity index (χ3n) is 9.73. The topological polar surface area (TPSA) is 156 Å². The van der Waals surface area contributed by atoms with Crippen LogP contribution >= 0.6 is 0 Å². The molecule has 1 saturated heterocycles. The van der Waals surface area contributed by atoms with E-state index in [0.29, 0.717) is 31.6 Å². The number of pyridine rings is 1. The van der Waals surface area contributed by atoms with E-state index >= 15 is 0 Å². The van der Waals surface area contributed by atoms with Crippen molar-refractivity contribution in [3.05, 3.63) is 108 Å². The number of nitrogens with zero attached hydrogens (tertiary/aromatic N) is 5. The summed E-state index contributed by atoms with van der Waals surface area (Å²) in [6, 6.07) is 23.2. The molecule has 2 unspecified atom stereocenters. The molecule has 0 saturated carbocycles. The van der Waals surface area contributed by atoms with E-state index in [1.165, 1.54) is 34.8 Å². The Morgan fingerprint density at radius 2 is 1.72 bits per heavy atom. The monoisotopic (exact) mass is 742 g/mol. The van der Waals surface area contributed by atoms with Gasteiger partial charge in [0.2, 0.25) is 15.9 Å². The number of nitrogens with one attached hydrogen (secondary N) is 1. The van der Waals surface area contributed by atoms with Gasteiger partial charge in [0, 0.05) is 44.3 Å². The van der Waals surface area contributed by atoms with Gasteiger partial charge in [-0.1, -0.05) is 93.9 Å². The van der Waals surface area contributed by atoms with E-state index in [9.17, 15) is 23.1 Å². The summed E-state index contributed by atoms with van der Waals surface area (Å²) in [4.78, 5) is 36.1. The number of hydrogen-bond acceptors (Lipinski definition) is 8. The highest BCUT2D eigenvalue weighted by atomic mass is 32.2. The van der Waals surface area contributed by atoms with Crippen molar-refractivity contribution < 1.29 is 28.3 Å². The largest absolute Gasteiger partial charge is 0.411 e. The van der Waals surface area contributed by atoms with Crippen LogP contribution in [0.1, 0.15) is 50.8 Å². The standard InChI is InChI=1S/C40H50N6O6S/c1-5-29(4)38(46-21-20-44(40(46)49)26-32-15-18-35-33(22-32)12-9-19-41-35)39(48)43-36(23-30-10-7-6-8-11-30)37(47)27-45(25-28(2)3)53(51,52)34-16-13-31(14-17-34)24-42-50/h6-19,22,24,28-29,36-38,47,50H,5,20-21,23,25-27H2,1-4H3,(H,43,48)/b42-24+/t29?,36-,37+,38?/m0/s1. The Morgan fingerprint density at radius 1 is 0.981 bits per heavy atom. The lowest BCUT2D eigenvalue weighted by molar-refractivity contribution is -0.128. The maximum atomic E-state index is 14.4. The molecule has 13 heteroatoms. The van der Waals surface area contributed by atoms with E-state index in [4.69, 9.17) is 5.21 Å². The number of fused-ring (bicyclic) bond motifs is 1. The molecule has 0 aliphatic carbocycles. The van der Waals surface area contributed by atoms with Crippen LogP contribution in [0, 0.1) is 11.8 Å². The second-order valence-corrected chi connectivity index (χ2v) is 16.1. The van der Waals surface area contributed by atoms with Crippen LogP contribution in [0.3, 0.4) is 0 Å². The zero-order valence-corrected chi connectivity index (χ0v) is 31.6. The molecule has 1 aliphatic heterocycles. The summed E-state index contributed by atoms with van der Waals surface area (Å²) in [5.74, 6) is -0.660. The van der Waals surface area contributed by atoms with Gasteiger partial charge in [0.1, 0.15) is 6.04 Å². The van der Waals surface area contributed by atoms with E-state index in [-0.39, 0.29) is 42.3 Å². The molecule has 53 heavy (non-hydrogen) atoms. The van der Waals surface area contributed by atoms with Crippen molar-refractivity contribution in [1.29, 1.82) is 0 Å². The molecule has 4 aromatic rings. The van der Waals surface area contributed by atoms with Gasteiger partial charge in [-0.3, -0.25) is 9.78 Å². The van der Waals surface area contributed by atoms with Crippen LogP contribution in [0.15, 0.2) is 101 Å². The first-order chi connectivity index (χ1) is 25.4. The SMILES string of the molecule is CCC(C)C(C(=O)N[C@@H](Cc1ccccc1)[C@H](O)CN(CC(C)C)S(=O)(=O)c1ccc(/C=N/O)cc1)N1CCN(Cc2ccc3ncccc3c2)C1=O. The predicted octanol–water partition coefficient (Wildman–Crippen LogP) is 5.13. The Balaban J connectivity index is 1.37. The highest BCUT2D eigenvalue weighted by molar-refractivity contribution is 7.89. The average Bonchev–Trinajstić information content (AvgIpc) is 3.49. The fraction of sp³-hybridized carbons (Fsp3) is 0.400. The van der Waals surface area contributed by atoms with Crippen LogP contribution in [0.2, 0.25) is 0 Å². The number of carbonyl (C=O) groups is 2. The van der Waals surface area contributed by atoms with E-state index in [2.05, 4.69) is 15.5 Å². The first-order valence-corrected chi connectivity index (χ1v) is 19.5. The van der Waals surface area contributed by atoms with Crippen molar-refractivity contribution in [2.24, 2.45) is 17.0 Å². The number of benzene rings is 3. The van der Waals surface area contributed by atoms with Crippen molar-refractivity contribution in [2.75, 3.05) is 26.2 Å². The van der Waals surface area contributed by atoms with Crippen LogP contribution in [0.4, 0.5) is 4.79 Å². The molecule has 0 spiro atoms. The smallest absolute Gasteiger partial charge is 0.321 e. The maximum absolute atomic E-state index is 14.4. The Labute approximate surface area is 312 Å². The molecule has 1 aromatic heterocycles. The second kappa shape index (κ2) is 17.8. The lowest BCUT2D eigenvalue weighted by Gasteiger charge is -2.35. The molecule has 3 aromatic carbocycles.